The standard InChI is InChI=1S/C14H20INO4/c15-9-14-8-11(4-6-13(17)18)19-12(14)5-3-10(20-14)2-1-7-16/h10-12H,1-6,8-9H2,(H,17,18). The molecule has 0 aliphatic carbocycles. The number of carboxylic acid groups (broad SMARTS) is 1. The van der Waals surface area contributed by atoms with Crippen molar-refractivity contribution in [1.29, 1.82) is 5.26 Å². The topological polar surface area (TPSA) is 79.5 Å². The van der Waals surface area contributed by atoms with Gasteiger partial charge in [0, 0.05) is 23.7 Å². The van der Waals surface area contributed by atoms with Crippen molar-refractivity contribution in [2.24, 2.45) is 0 Å². The SMILES string of the molecule is N#CCCC1CCC2OC(CCC(=O)O)CC2(CI)O1. The summed E-state index contributed by atoms with van der Waals surface area (Å²) in [5.41, 5.74) is -0.276. The second-order valence-corrected chi connectivity index (χ2v) is 6.36. The Hall–Kier alpha value is -0.390. The van der Waals surface area contributed by atoms with Crippen LogP contribution in [0.3, 0.4) is 0 Å². The van der Waals surface area contributed by atoms with Gasteiger partial charge in [-0.1, -0.05) is 22.6 Å². The first-order valence-electron chi connectivity index (χ1n) is 7.07. The molecule has 4 atom stereocenters. The smallest absolute Gasteiger partial charge is 0.303 e. The minimum absolute atomic E-state index is 0.0133. The summed E-state index contributed by atoms with van der Waals surface area (Å²) in [6, 6.07) is 2.17. The maximum atomic E-state index is 10.7. The molecule has 2 aliphatic heterocycles. The van der Waals surface area contributed by atoms with Gasteiger partial charge in [-0.2, -0.15) is 5.26 Å². The van der Waals surface area contributed by atoms with Crippen LogP contribution in [0.4, 0.5) is 0 Å². The van der Waals surface area contributed by atoms with Crippen LogP contribution in [0, 0.1) is 11.3 Å². The summed E-state index contributed by atoms with van der Waals surface area (Å²) in [5, 5.41) is 17.5. The molecular weight excluding hydrogens is 373 g/mol. The Morgan fingerprint density at radius 2 is 2.20 bits per heavy atom. The molecule has 0 aromatic rings. The third-order valence-electron chi connectivity index (χ3n) is 4.15. The van der Waals surface area contributed by atoms with Crippen LogP contribution in [0.5, 0.6) is 0 Å². The highest BCUT2D eigenvalue weighted by atomic mass is 127. The van der Waals surface area contributed by atoms with Crippen LogP contribution < -0.4 is 0 Å². The molecule has 20 heavy (non-hydrogen) atoms. The van der Waals surface area contributed by atoms with E-state index in [1.165, 1.54) is 0 Å². The highest BCUT2D eigenvalue weighted by Crippen LogP contribution is 2.44. The summed E-state index contributed by atoms with van der Waals surface area (Å²) in [4.78, 5) is 10.7. The molecular formula is C14H20INO4. The van der Waals surface area contributed by atoms with Gasteiger partial charge in [0.25, 0.3) is 0 Å². The van der Waals surface area contributed by atoms with Crippen LogP contribution in [0.15, 0.2) is 0 Å². The molecule has 6 heteroatoms. The van der Waals surface area contributed by atoms with Gasteiger partial charge in [-0.15, -0.1) is 0 Å². The zero-order valence-electron chi connectivity index (χ0n) is 11.4. The summed E-state index contributed by atoms with van der Waals surface area (Å²) in [5.74, 6) is -0.778. The number of carboxylic acids is 1. The molecule has 0 aromatic carbocycles. The van der Waals surface area contributed by atoms with Crippen LogP contribution in [0.25, 0.3) is 0 Å². The first-order chi connectivity index (χ1) is 9.59. The largest absolute Gasteiger partial charge is 0.481 e. The van der Waals surface area contributed by atoms with E-state index in [4.69, 9.17) is 19.8 Å². The first-order valence-corrected chi connectivity index (χ1v) is 8.60. The van der Waals surface area contributed by atoms with Crippen LogP contribution in [0.1, 0.15) is 44.9 Å². The van der Waals surface area contributed by atoms with Gasteiger partial charge in [0.2, 0.25) is 0 Å². The number of halogens is 1. The number of aliphatic carboxylic acids is 1. The zero-order chi connectivity index (χ0) is 14.6. The number of hydrogen-bond acceptors (Lipinski definition) is 4. The van der Waals surface area contributed by atoms with Crippen molar-refractivity contribution in [1.82, 2.24) is 0 Å². The van der Waals surface area contributed by atoms with E-state index < -0.39 is 5.97 Å². The lowest BCUT2D eigenvalue weighted by Crippen LogP contribution is -2.49. The molecule has 112 valence electrons. The van der Waals surface area contributed by atoms with Gasteiger partial charge in [0.05, 0.1) is 24.4 Å². The second-order valence-electron chi connectivity index (χ2n) is 5.60. The van der Waals surface area contributed by atoms with E-state index in [0.29, 0.717) is 12.8 Å². The van der Waals surface area contributed by atoms with Crippen LogP contribution in [-0.4, -0.2) is 39.4 Å². The van der Waals surface area contributed by atoms with E-state index in [9.17, 15) is 4.79 Å². The summed E-state index contributed by atoms with van der Waals surface area (Å²) < 4.78 is 13.1. The van der Waals surface area contributed by atoms with Crippen molar-refractivity contribution in [3.63, 3.8) is 0 Å². The van der Waals surface area contributed by atoms with Gasteiger partial charge in [0.1, 0.15) is 5.60 Å². The molecule has 5 nitrogen and oxygen atoms in total. The Bertz CT molecular complexity index is 397. The summed E-state index contributed by atoms with van der Waals surface area (Å²) in [6.07, 6.45) is 4.86. The summed E-state index contributed by atoms with van der Waals surface area (Å²) in [6.45, 7) is 0. The molecule has 0 radical (unpaired) electrons. The summed E-state index contributed by atoms with van der Waals surface area (Å²) >= 11 is 2.33. The molecule has 1 N–H and O–H groups in total. The average Bonchev–Trinajstić information content (AvgIpc) is 2.81. The van der Waals surface area contributed by atoms with E-state index in [0.717, 1.165) is 30.1 Å². The lowest BCUT2D eigenvalue weighted by Gasteiger charge is -2.41. The normalized spacial score (nSPS) is 36.3. The van der Waals surface area contributed by atoms with E-state index in [1.54, 1.807) is 0 Å². The van der Waals surface area contributed by atoms with Gasteiger partial charge in [-0.3, -0.25) is 4.79 Å². The maximum absolute atomic E-state index is 10.7. The van der Waals surface area contributed by atoms with Crippen molar-refractivity contribution in [3.05, 3.63) is 0 Å². The number of nitrogens with zero attached hydrogens (tertiary/aromatic N) is 1. The van der Waals surface area contributed by atoms with Crippen molar-refractivity contribution in [2.75, 3.05) is 4.43 Å². The van der Waals surface area contributed by atoms with Crippen molar-refractivity contribution in [3.8, 4) is 6.07 Å². The number of hydrogen-bond donors (Lipinski definition) is 1. The Kier molecular flexibility index (Phi) is 5.64. The maximum Gasteiger partial charge on any atom is 0.303 e. The zero-order valence-corrected chi connectivity index (χ0v) is 13.5. The van der Waals surface area contributed by atoms with Gasteiger partial charge in [-0.05, 0) is 25.7 Å². The minimum Gasteiger partial charge on any atom is -0.481 e. The third kappa shape index (κ3) is 3.62. The monoisotopic (exact) mass is 393 g/mol. The quantitative estimate of drug-likeness (QED) is 0.555. The Morgan fingerprint density at radius 1 is 1.40 bits per heavy atom. The highest BCUT2D eigenvalue weighted by Gasteiger charge is 2.52. The molecule has 2 rings (SSSR count). The van der Waals surface area contributed by atoms with Gasteiger partial charge >= 0.3 is 5.97 Å². The Balaban J connectivity index is 1.95. The number of nitriles is 1. The van der Waals surface area contributed by atoms with Crippen LogP contribution in [-0.2, 0) is 14.3 Å². The summed E-state index contributed by atoms with van der Waals surface area (Å²) in [7, 11) is 0. The average molecular weight is 393 g/mol. The molecule has 2 fully saturated rings. The van der Waals surface area contributed by atoms with Gasteiger partial charge in [0.15, 0.2) is 0 Å². The van der Waals surface area contributed by atoms with E-state index in [-0.39, 0.29) is 30.3 Å². The lowest BCUT2D eigenvalue weighted by molar-refractivity contribution is -0.153. The molecule has 0 saturated carbocycles. The van der Waals surface area contributed by atoms with E-state index in [2.05, 4.69) is 28.7 Å². The molecule has 4 unspecified atom stereocenters. The Labute approximate surface area is 132 Å². The number of fused-ring (bicyclic) bond motifs is 1. The fourth-order valence-corrected chi connectivity index (χ4v) is 4.14. The van der Waals surface area contributed by atoms with Crippen molar-refractivity contribution < 1.29 is 19.4 Å². The lowest BCUT2D eigenvalue weighted by atomic mass is 9.87. The molecule has 0 aromatic heterocycles. The molecule has 0 bridgehead atoms. The third-order valence-corrected chi connectivity index (χ3v) is 5.44. The van der Waals surface area contributed by atoms with Gasteiger partial charge < -0.3 is 14.6 Å². The molecule has 0 spiro atoms. The fraction of sp³-hybridized carbons (Fsp3) is 0.857. The molecule has 2 aliphatic rings. The fourth-order valence-electron chi connectivity index (χ4n) is 3.16. The number of carbonyl (C=O) groups is 1. The van der Waals surface area contributed by atoms with E-state index >= 15 is 0 Å². The van der Waals surface area contributed by atoms with Gasteiger partial charge in [-0.25, -0.2) is 0 Å². The first kappa shape index (κ1) is 16.0. The van der Waals surface area contributed by atoms with Crippen molar-refractivity contribution in [2.45, 2.75) is 68.9 Å². The predicted molar refractivity (Wildman–Crippen MR) is 80.7 cm³/mol. The van der Waals surface area contributed by atoms with Crippen molar-refractivity contribution >= 4 is 28.6 Å². The highest BCUT2D eigenvalue weighted by molar-refractivity contribution is 14.1. The second kappa shape index (κ2) is 7.05. The van der Waals surface area contributed by atoms with Crippen LogP contribution in [0.2, 0.25) is 0 Å². The minimum atomic E-state index is -0.778. The van der Waals surface area contributed by atoms with Crippen LogP contribution >= 0.6 is 22.6 Å². The predicted octanol–water partition coefficient (Wildman–Crippen LogP) is 2.67. The number of rotatable bonds is 6. The number of ether oxygens (including phenoxy) is 2. The number of alkyl halides is 1. The molecule has 2 saturated heterocycles. The molecule has 2 heterocycles. The molecule has 0 amide bonds. The Morgan fingerprint density at radius 3 is 2.85 bits per heavy atom. The van der Waals surface area contributed by atoms with E-state index in [1.807, 2.05) is 0 Å².